The third-order valence-corrected chi connectivity index (χ3v) is 4.52. The van der Waals surface area contributed by atoms with Crippen molar-refractivity contribution in [2.75, 3.05) is 5.32 Å². The maximum absolute atomic E-state index is 12.2. The average Bonchev–Trinajstić information content (AvgIpc) is 2.86. The number of carbonyl (C=O) groups is 2. The van der Waals surface area contributed by atoms with Crippen molar-refractivity contribution >= 4 is 28.9 Å². The Morgan fingerprint density at radius 1 is 1.38 bits per heavy atom. The van der Waals surface area contributed by atoms with Gasteiger partial charge in [-0.1, -0.05) is 0 Å². The molecule has 0 radical (unpaired) electrons. The van der Waals surface area contributed by atoms with Gasteiger partial charge in [-0.2, -0.15) is 5.10 Å². The van der Waals surface area contributed by atoms with E-state index in [1.807, 2.05) is 20.9 Å². The standard InChI is InChI=1S/C14H17N3O3S/c1-7-6-21-13(14(19)20)12(7)15-11(18)5-10-8(2)16-17(4)9(10)3/h6H,5H2,1-4H3,(H,15,18)(H,19,20). The summed E-state index contributed by atoms with van der Waals surface area (Å²) in [5, 5.41) is 17.8. The van der Waals surface area contributed by atoms with Gasteiger partial charge >= 0.3 is 5.97 Å². The van der Waals surface area contributed by atoms with Crippen LogP contribution in [0.4, 0.5) is 5.69 Å². The third kappa shape index (κ3) is 2.97. The number of rotatable bonds is 4. The van der Waals surface area contributed by atoms with E-state index in [9.17, 15) is 9.59 Å². The number of anilines is 1. The lowest BCUT2D eigenvalue weighted by Crippen LogP contribution is -2.17. The first-order chi connectivity index (χ1) is 9.81. The monoisotopic (exact) mass is 307 g/mol. The van der Waals surface area contributed by atoms with Gasteiger partial charge in [-0.15, -0.1) is 11.3 Å². The number of aromatic nitrogens is 2. The molecule has 0 bridgehead atoms. The van der Waals surface area contributed by atoms with Crippen LogP contribution >= 0.6 is 11.3 Å². The van der Waals surface area contributed by atoms with Gasteiger partial charge in [0.05, 0.1) is 17.8 Å². The van der Waals surface area contributed by atoms with E-state index < -0.39 is 5.97 Å². The summed E-state index contributed by atoms with van der Waals surface area (Å²) in [5.74, 6) is -1.27. The molecule has 0 spiro atoms. The summed E-state index contributed by atoms with van der Waals surface area (Å²) in [5.41, 5.74) is 3.76. The van der Waals surface area contributed by atoms with Gasteiger partial charge in [0.2, 0.25) is 5.91 Å². The topological polar surface area (TPSA) is 84.2 Å². The molecule has 7 heteroatoms. The number of nitrogens with zero attached hydrogens (tertiary/aromatic N) is 2. The van der Waals surface area contributed by atoms with Crippen LogP contribution in [-0.2, 0) is 18.3 Å². The van der Waals surface area contributed by atoms with E-state index in [0.717, 1.165) is 33.9 Å². The summed E-state index contributed by atoms with van der Waals surface area (Å²) < 4.78 is 1.73. The Balaban J connectivity index is 2.20. The fraction of sp³-hybridized carbons (Fsp3) is 0.357. The van der Waals surface area contributed by atoms with Crippen LogP contribution in [0.1, 0.15) is 32.2 Å². The molecular weight excluding hydrogens is 290 g/mol. The summed E-state index contributed by atoms with van der Waals surface area (Å²) in [6.45, 7) is 5.54. The van der Waals surface area contributed by atoms with E-state index in [0.29, 0.717) is 5.69 Å². The fourth-order valence-electron chi connectivity index (χ4n) is 2.17. The van der Waals surface area contributed by atoms with Gasteiger partial charge in [0.15, 0.2) is 0 Å². The van der Waals surface area contributed by atoms with E-state index in [2.05, 4.69) is 10.4 Å². The van der Waals surface area contributed by atoms with Crippen molar-refractivity contribution in [1.82, 2.24) is 9.78 Å². The fourth-order valence-corrected chi connectivity index (χ4v) is 3.02. The smallest absolute Gasteiger partial charge is 0.348 e. The van der Waals surface area contributed by atoms with Crippen LogP contribution in [0.3, 0.4) is 0 Å². The Kier molecular flexibility index (Phi) is 4.13. The summed E-state index contributed by atoms with van der Waals surface area (Å²) in [6.07, 6.45) is 0.180. The summed E-state index contributed by atoms with van der Waals surface area (Å²) in [4.78, 5) is 23.5. The van der Waals surface area contributed by atoms with Gasteiger partial charge in [-0.25, -0.2) is 4.79 Å². The molecule has 112 valence electrons. The van der Waals surface area contributed by atoms with Gasteiger partial charge in [-0.05, 0) is 31.7 Å². The molecule has 0 aromatic carbocycles. The van der Waals surface area contributed by atoms with Crippen molar-refractivity contribution in [3.8, 4) is 0 Å². The van der Waals surface area contributed by atoms with E-state index in [-0.39, 0.29) is 17.2 Å². The maximum Gasteiger partial charge on any atom is 0.348 e. The molecular formula is C14H17N3O3S. The second kappa shape index (κ2) is 5.69. The van der Waals surface area contributed by atoms with E-state index >= 15 is 0 Å². The number of hydrogen-bond acceptors (Lipinski definition) is 4. The van der Waals surface area contributed by atoms with Crippen LogP contribution in [0.2, 0.25) is 0 Å². The maximum atomic E-state index is 12.2. The Hall–Kier alpha value is -2.15. The zero-order chi connectivity index (χ0) is 15.7. The molecule has 2 heterocycles. The SMILES string of the molecule is Cc1csc(C(=O)O)c1NC(=O)Cc1c(C)nn(C)c1C. The number of carboxylic acids is 1. The Morgan fingerprint density at radius 2 is 2.05 bits per heavy atom. The van der Waals surface area contributed by atoms with Crippen molar-refractivity contribution in [1.29, 1.82) is 0 Å². The van der Waals surface area contributed by atoms with Crippen LogP contribution < -0.4 is 5.32 Å². The minimum absolute atomic E-state index is 0.153. The van der Waals surface area contributed by atoms with Crippen molar-refractivity contribution in [2.45, 2.75) is 27.2 Å². The molecule has 2 aromatic heterocycles. The second-order valence-corrected chi connectivity index (χ2v) is 5.81. The Morgan fingerprint density at radius 3 is 2.57 bits per heavy atom. The molecule has 1 amide bonds. The minimum Gasteiger partial charge on any atom is -0.477 e. The lowest BCUT2D eigenvalue weighted by atomic mass is 10.1. The number of nitrogens with one attached hydrogen (secondary N) is 1. The Labute approximate surface area is 126 Å². The van der Waals surface area contributed by atoms with Crippen molar-refractivity contribution in [2.24, 2.45) is 7.05 Å². The van der Waals surface area contributed by atoms with Crippen LogP contribution in [-0.4, -0.2) is 26.8 Å². The quantitative estimate of drug-likeness (QED) is 0.907. The second-order valence-electron chi connectivity index (χ2n) is 4.93. The van der Waals surface area contributed by atoms with Gasteiger partial charge in [0.1, 0.15) is 4.88 Å². The third-order valence-electron chi connectivity index (χ3n) is 3.43. The zero-order valence-electron chi connectivity index (χ0n) is 12.4. The van der Waals surface area contributed by atoms with Crippen molar-refractivity contribution in [3.05, 3.63) is 32.8 Å². The average molecular weight is 307 g/mol. The first kappa shape index (κ1) is 15.2. The normalized spacial score (nSPS) is 10.7. The summed E-state index contributed by atoms with van der Waals surface area (Å²) >= 11 is 1.11. The highest BCUT2D eigenvalue weighted by Crippen LogP contribution is 2.27. The number of aromatic carboxylic acids is 1. The van der Waals surface area contributed by atoms with Gasteiger partial charge in [0.25, 0.3) is 0 Å². The largest absolute Gasteiger partial charge is 0.477 e. The predicted molar refractivity (Wildman–Crippen MR) is 81.0 cm³/mol. The molecule has 0 aliphatic heterocycles. The molecule has 0 aliphatic carbocycles. The van der Waals surface area contributed by atoms with E-state index in [1.54, 1.807) is 17.0 Å². The number of carbonyl (C=O) groups excluding carboxylic acids is 1. The van der Waals surface area contributed by atoms with Crippen molar-refractivity contribution in [3.63, 3.8) is 0 Å². The number of aryl methyl sites for hydroxylation is 3. The molecule has 2 rings (SSSR count). The number of thiophene rings is 1. The van der Waals surface area contributed by atoms with Crippen molar-refractivity contribution < 1.29 is 14.7 Å². The highest BCUT2D eigenvalue weighted by molar-refractivity contribution is 7.12. The lowest BCUT2D eigenvalue weighted by Gasteiger charge is -2.07. The summed E-state index contributed by atoms with van der Waals surface area (Å²) in [6, 6.07) is 0. The molecule has 0 fully saturated rings. The van der Waals surface area contributed by atoms with Gasteiger partial charge < -0.3 is 10.4 Å². The number of carboxylic acid groups (broad SMARTS) is 1. The molecule has 2 aromatic rings. The van der Waals surface area contributed by atoms with Crippen LogP contribution in [0.15, 0.2) is 5.38 Å². The minimum atomic E-state index is -1.03. The lowest BCUT2D eigenvalue weighted by molar-refractivity contribution is -0.115. The molecule has 0 saturated carbocycles. The highest BCUT2D eigenvalue weighted by Gasteiger charge is 2.19. The Bertz CT molecular complexity index is 715. The first-order valence-electron chi connectivity index (χ1n) is 6.41. The molecule has 0 aliphatic rings. The van der Waals surface area contributed by atoms with Gasteiger partial charge in [0, 0.05) is 18.3 Å². The van der Waals surface area contributed by atoms with Crippen LogP contribution in [0.25, 0.3) is 0 Å². The van der Waals surface area contributed by atoms with Gasteiger partial charge in [-0.3, -0.25) is 9.48 Å². The molecule has 0 saturated heterocycles. The molecule has 0 atom stereocenters. The highest BCUT2D eigenvalue weighted by atomic mass is 32.1. The van der Waals surface area contributed by atoms with Crippen LogP contribution in [0.5, 0.6) is 0 Å². The first-order valence-corrected chi connectivity index (χ1v) is 7.29. The molecule has 21 heavy (non-hydrogen) atoms. The predicted octanol–water partition coefficient (Wildman–Crippen LogP) is 2.29. The number of hydrogen-bond donors (Lipinski definition) is 2. The molecule has 2 N–H and O–H groups in total. The van der Waals surface area contributed by atoms with Crippen LogP contribution in [0, 0.1) is 20.8 Å². The van der Waals surface area contributed by atoms with E-state index in [1.165, 1.54) is 0 Å². The zero-order valence-corrected chi connectivity index (χ0v) is 13.2. The molecule has 0 unspecified atom stereocenters. The molecule has 6 nitrogen and oxygen atoms in total. The van der Waals surface area contributed by atoms with E-state index in [4.69, 9.17) is 5.11 Å². The summed E-state index contributed by atoms with van der Waals surface area (Å²) in [7, 11) is 1.83. The number of amides is 1.